The number of fused-ring (bicyclic) bond motifs is 1. The zero-order valence-corrected chi connectivity index (χ0v) is 26.1. The molecule has 4 aromatic carbocycles. The zero-order chi connectivity index (χ0) is 31.0. The number of benzene rings is 4. The molecule has 0 atom stereocenters. The summed E-state index contributed by atoms with van der Waals surface area (Å²) in [6, 6.07) is 39.7. The molecule has 0 aliphatic heterocycles. The van der Waals surface area contributed by atoms with Gasteiger partial charge < -0.3 is 15.4 Å². The summed E-state index contributed by atoms with van der Waals surface area (Å²) in [4.78, 5) is 24.6. The van der Waals surface area contributed by atoms with Gasteiger partial charge in [-0.05, 0) is 103 Å². The van der Waals surface area contributed by atoms with Crippen molar-refractivity contribution in [3.63, 3.8) is 0 Å². The number of ether oxygens (including phenoxy) is 1. The Kier molecular flexibility index (Phi) is 9.37. The van der Waals surface area contributed by atoms with E-state index in [4.69, 9.17) is 14.7 Å². The first-order valence-electron chi connectivity index (χ1n) is 15.0. The number of amides is 1. The van der Waals surface area contributed by atoms with Crippen LogP contribution in [0.2, 0.25) is 0 Å². The average Bonchev–Trinajstić information content (AvgIpc) is 3.03. The van der Waals surface area contributed by atoms with Crippen LogP contribution in [-0.2, 0) is 17.6 Å². The van der Waals surface area contributed by atoms with Crippen molar-refractivity contribution in [2.45, 2.75) is 42.9 Å². The summed E-state index contributed by atoms with van der Waals surface area (Å²) in [7, 11) is 0. The SMILES string of the molecule is CCCc1ccc2ccc(Nc3cc(C)ccc3Sc3cccc(NC(=O)Cc4cccc(Oc5ccccc5)c4)c3)nc2n1. The highest BCUT2D eigenvalue weighted by molar-refractivity contribution is 7.99. The summed E-state index contributed by atoms with van der Waals surface area (Å²) in [6.07, 6.45) is 2.22. The molecular weight excluding hydrogens is 577 g/mol. The number of carbonyl (C=O) groups is 1. The van der Waals surface area contributed by atoms with Crippen molar-refractivity contribution >= 4 is 45.9 Å². The van der Waals surface area contributed by atoms with Crippen LogP contribution >= 0.6 is 11.8 Å². The average molecular weight is 611 g/mol. The maximum Gasteiger partial charge on any atom is 0.228 e. The lowest BCUT2D eigenvalue weighted by Crippen LogP contribution is -2.14. The smallest absolute Gasteiger partial charge is 0.228 e. The van der Waals surface area contributed by atoms with Crippen molar-refractivity contribution in [2.24, 2.45) is 0 Å². The molecule has 2 N–H and O–H groups in total. The van der Waals surface area contributed by atoms with Crippen molar-refractivity contribution in [3.8, 4) is 11.5 Å². The molecule has 0 aliphatic carbocycles. The van der Waals surface area contributed by atoms with Gasteiger partial charge in [-0.15, -0.1) is 0 Å². The molecule has 6 nitrogen and oxygen atoms in total. The number of para-hydroxylation sites is 1. The summed E-state index contributed by atoms with van der Waals surface area (Å²) < 4.78 is 5.93. The van der Waals surface area contributed by atoms with Crippen LogP contribution in [0.1, 0.15) is 30.2 Å². The van der Waals surface area contributed by atoms with Gasteiger partial charge in [-0.25, -0.2) is 9.97 Å². The van der Waals surface area contributed by atoms with Gasteiger partial charge in [0.1, 0.15) is 17.3 Å². The molecule has 224 valence electrons. The zero-order valence-electron chi connectivity index (χ0n) is 25.3. The summed E-state index contributed by atoms with van der Waals surface area (Å²) in [5.41, 5.74) is 5.52. The van der Waals surface area contributed by atoms with E-state index in [0.29, 0.717) is 5.75 Å². The van der Waals surface area contributed by atoms with E-state index in [1.807, 2.05) is 84.9 Å². The lowest BCUT2D eigenvalue weighted by molar-refractivity contribution is -0.115. The molecule has 0 spiro atoms. The highest BCUT2D eigenvalue weighted by atomic mass is 32.2. The van der Waals surface area contributed by atoms with E-state index in [9.17, 15) is 4.79 Å². The number of aromatic nitrogens is 2. The van der Waals surface area contributed by atoms with Gasteiger partial charge in [0.15, 0.2) is 5.65 Å². The van der Waals surface area contributed by atoms with Crippen LogP contribution in [-0.4, -0.2) is 15.9 Å². The van der Waals surface area contributed by atoms with Gasteiger partial charge in [-0.2, -0.15) is 0 Å². The number of nitrogens with zero attached hydrogens (tertiary/aromatic N) is 2. The predicted molar refractivity (Wildman–Crippen MR) is 184 cm³/mol. The molecule has 2 aromatic heterocycles. The van der Waals surface area contributed by atoms with Crippen LogP contribution in [0, 0.1) is 6.92 Å². The molecule has 0 saturated carbocycles. The molecule has 0 saturated heterocycles. The van der Waals surface area contributed by atoms with Gasteiger partial charge >= 0.3 is 0 Å². The van der Waals surface area contributed by atoms with E-state index < -0.39 is 0 Å². The second kappa shape index (κ2) is 14.1. The fraction of sp³-hybridized carbons (Fsp3) is 0.132. The van der Waals surface area contributed by atoms with E-state index in [0.717, 1.165) is 73.4 Å². The third-order valence-electron chi connectivity index (χ3n) is 7.10. The molecule has 45 heavy (non-hydrogen) atoms. The molecule has 1 amide bonds. The van der Waals surface area contributed by atoms with Gasteiger partial charge in [0, 0.05) is 26.6 Å². The Labute approximate surface area is 267 Å². The van der Waals surface area contributed by atoms with E-state index in [-0.39, 0.29) is 12.3 Å². The molecule has 0 bridgehead atoms. The minimum atomic E-state index is -0.0928. The van der Waals surface area contributed by atoms with Gasteiger partial charge in [0.25, 0.3) is 0 Å². The quantitative estimate of drug-likeness (QED) is 0.152. The van der Waals surface area contributed by atoms with Crippen molar-refractivity contribution in [1.29, 1.82) is 0 Å². The van der Waals surface area contributed by atoms with E-state index in [2.05, 4.69) is 60.9 Å². The molecular formula is C38H34N4O2S. The third-order valence-corrected chi connectivity index (χ3v) is 8.17. The molecule has 7 heteroatoms. The Hall–Kier alpha value is -5.14. The van der Waals surface area contributed by atoms with Crippen LogP contribution < -0.4 is 15.4 Å². The highest BCUT2D eigenvalue weighted by Gasteiger charge is 2.11. The van der Waals surface area contributed by atoms with E-state index >= 15 is 0 Å². The maximum absolute atomic E-state index is 13.0. The first kappa shape index (κ1) is 29.9. The number of carbonyl (C=O) groups excluding carboxylic acids is 1. The van der Waals surface area contributed by atoms with Gasteiger partial charge in [0.05, 0.1) is 12.1 Å². The monoisotopic (exact) mass is 610 g/mol. The second-order valence-electron chi connectivity index (χ2n) is 10.8. The Morgan fingerprint density at radius 1 is 0.800 bits per heavy atom. The Bertz CT molecular complexity index is 1940. The number of hydrogen-bond acceptors (Lipinski definition) is 6. The normalized spacial score (nSPS) is 10.9. The topological polar surface area (TPSA) is 76.1 Å². The standard InChI is InChI=1S/C38H34N4O2S/c1-3-9-29-19-17-28-18-21-36(42-38(28)40-29)41-34-22-26(2)16-20-35(34)45-33-15-8-11-30(25-33)39-37(43)24-27-10-7-14-32(23-27)44-31-12-5-4-6-13-31/h4-8,10-23,25H,3,9,24H2,1-2H3,(H,39,43)(H,40,41,42). The van der Waals surface area contributed by atoms with Crippen LogP contribution in [0.3, 0.4) is 0 Å². The van der Waals surface area contributed by atoms with Gasteiger partial charge in [-0.1, -0.05) is 67.6 Å². The minimum Gasteiger partial charge on any atom is -0.457 e. The molecule has 6 aromatic rings. The molecule has 0 radical (unpaired) electrons. The van der Waals surface area contributed by atoms with Gasteiger partial charge in [0.2, 0.25) is 5.91 Å². The first-order chi connectivity index (χ1) is 22.0. The van der Waals surface area contributed by atoms with E-state index in [1.54, 1.807) is 11.8 Å². The minimum absolute atomic E-state index is 0.0928. The van der Waals surface area contributed by atoms with Crippen LogP contribution in [0.5, 0.6) is 11.5 Å². The predicted octanol–water partition coefficient (Wildman–Crippen LogP) is 9.76. The van der Waals surface area contributed by atoms with Crippen molar-refractivity contribution in [2.75, 3.05) is 10.6 Å². The number of rotatable bonds is 11. The summed E-state index contributed by atoms with van der Waals surface area (Å²) >= 11 is 1.63. The lowest BCUT2D eigenvalue weighted by atomic mass is 10.1. The Morgan fingerprint density at radius 3 is 2.49 bits per heavy atom. The van der Waals surface area contributed by atoms with Gasteiger partial charge in [-0.3, -0.25) is 4.79 Å². The largest absolute Gasteiger partial charge is 0.457 e. The number of hydrogen-bond donors (Lipinski definition) is 2. The summed E-state index contributed by atoms with van der Waals surface area (Å²) in [5, 5.41) is 7.59. The number of aryl methyl sites for hydroxylation is 2. The van der Waals surface area contributed by atoms with Crippen molar-refractivity contribution in [3.05, 3.63) is 138 Å². The number of pyridine rings is 2. The van der Waals surface area contributed by atoms with Crippen LogP contribution in [0.25, 0.3) is 11.0 Å². The lowest BCUT2D eigenvalue weighted by Gasteiger charge is -2.14. The Balaban J connectivity index is 1.13. The van der Waals surface area contributed by atoms with E-state index in [1.165, 1.54) is 0 Å². The van der Waals surface area contributed by atoms with Crippen molar-refractivity contribution < 1.29 is 9.53 Å². The molecule has 0 fully saturated rings. The maximum atomic E-state index is 13.0. The van der Waals surface area contributed by atoms with Crippen LogP contribution in [0.15, 0.2) is 131 Å². The third kappa shape index (κ3) is 8.08. The second-order valence-corrected chi connectivity index (χ2v) is 12.0. The first-order valence-corrected chi connectivity index (χ1v) is 15.9. The fourth-order valence-corrected chi connectivity index (χ4v) is 5.91. The summed E-state index contributed by atoms with van der Waals surface area (Å²) in [5.74, 6) is 2.11. The van der Waals surface area contributed by atoms with Crippen LogP contribution in [0.4, 0.5) is 17.2 Å². The number of nitrogens with one attached hydrogen (secondary N) is 2. The molecule has 0 unspecified atom stereocenters. The fourth-order valence-electron chi connectivity index (χ4n) is 4.97. The van der Waals surface area contributed by atoms with Crippen molar-refractivity contribution in [1.82, 2.24) is 9.97 Å². The molecule has 0 aliphatic rings. The summed E-state index contributed by atoms with van der Waals surface area (Å²) in [6.45, 7) is 4.23. The molecule has 2 heterocycles. The molecule has 6 rings (SSSR count). The highest BCUT2D eigenvalue weighted by Crippen LogP contribution is 2.36. The Morgan fingerprint density at radius 2 is 1.62 bits per heavy atom. The number of anilines is 3.